The van der Waals surface area contributed by atoms with Crippen molar-refractivity contribution in [2.45, 2.75) is 34.1 Å². The summed E-state index contributed by atoms with van der Waals surface area (Å²) < 4.78 is 5.58. The van der Waals surface area contributed by atoms with Crippen molar-refractivity contribution in [3.63, 3.8) is 0 Å². The molecular weight excluding hydrogens is 314 g/mol. The standard InChI is InChI=1S/C21H23NO3/c1-13-8-9-15(3)18(10-13)22-12-17(11-20(22)23)21(24)25-19-7-5-6-14(2)16(19)4/h5-10,17H,11-12H2,1-4H3/t17-/m0/s1. The molecule has 0 saturated carbocycles. The van der Waals surface area contributed by atoms with Gasteiger partial charge in [0.15, 0.2) is 0 Å². The molecule has 1 atom stereocenters. The van der Waals surface area contributed by atoms with Gasteiger partial charge >= 0.3 is 5.97 Å². The fourth-order valence-electron chi connectivity index (χ4n) is 3.13. The van der Waals surface area contributed by atoms with E-state index >= 15 is 0 Å². The number of amides is 1. The third kappa shape index (κ3) is 3.43. The maximum atomic E-state index is 12.6. The monoisotopic (exact) mass is 337 g/mol. The predicted molar refractivity (Wildman–Crippen MR) is 97.9 cm³/mol. The Labute approximate surface area is 148 Å². The van der Waals surface area contributed by atoms with E-state index in [0.29, 0.717) is 12.3 Å². The van der Waals surface area contributed by atoms with Crippen molar-refractivity contribution in [1.82, 2.24) is 0 Å². The Morgan fingerprint density at radius 2 is 1.84 bits per heavy atom. The summed E-state index contributed by atoms with van der Waals surface area (Å²) in [5.74, 6) is -0.235. The molecule has 1 aliphatic heterocycles. The molecule has 1 saturated heterocycles. The average molecular weight is 337 g/mol. The van der Waals surface area contributed by atoms with Crippen LogP contribution >= 0.6 is 0 Å². The van der Waals surface area contributed by atoms with Gasteiger partial charge in [-0.15, -0.1) is 0 Å². The van der Waals surface area contributed by atoms with Crippen molar-refractivity contribution < 1.29 is 14.3 Å². The molecule has 0 radical (unpaired) electrons. The summed E-state index contributed by atoms with van der Waals surface area (Å²) in [5.41, 5.74) is 5.03. The van der Waals surface area contributed by atoms with E-state index in [1.165, 1.54) is 0 Å². The van der Waals surface area contributed by atoms with E-state index in [0.717, 1.165) is 27.9 Å². The van der Waals surface area contributed by atoms with Crippen LogP contribution in [0, 0.1) is 33.6 Å². The second-order valence-corrected chi connectivity index (χ2v) is 6.81. The first-order chi connectivity index (χ1) is 11.9. The lowest BCUT2D eigenvalue weighted by atomic mass is 10.1. The van der Waals surface area contributed by atoms with Gasteiger partial charge in [-0.05, 0) is 62.1 Å². The third-order valence-electron chi connectivity index (χ3n) is 4.88. The van der Waals surface area contributed by atoms with E-state index in [1.54, 1.807) is 11.0 Å². The Kier molecular flexibility index (Phi) is 4.62. The molecule has 130 valence electrons. The summed E-state index contributed by atoms with van der Waals surface area (Å²) in [6.07, 6.45) is 0.192. The number of hydrogen-bond acceptors (Lipinski definition) is 3. The molecule has 1 fully saturated rings. The molecule has 0 N–H and O–H groups in total. The lowest BCUT2D eigenvalue weighted by Crippen LogP contribution is -2.28. The van der Waals surface area contributed by atoms with E-state index in [9.17, 15) is 9.59 Å². The van der Waals surface area contributed by atoms with Crippen LogP contribution in [0.1, 0.15) is 28.7 Å². The Hall–Kier alpha value is -2.62. The number of benzene rings is 2. The van der Waals surface area contributed by atoms with Crippen LogP contribution in [0.25, 0.3) is 0 Å². The maximum absolute atomic E-state index is 12.6. The molecule has 0 spiro atoms. The van der Waals surface area contributed by atoms with Crippen LogP contribution in [0.3, 0.4) is 0 Å². The Morgan fingerprint density at radius 3 is 2.60 bits per heavy atom. The summed E-state index contributed by atoms with van der Waals surface area (Å²) in [6.45, 7) is 8.25. The lowest BCUT2D eigenvalue weighted by Gasteiger charge is -2.19. The van der Waals surface area contributed by atoms with Crippen molar-refractivity contribution in [3.8, 4) is 5.75 Å². The molecule has 4 nitrogen and oxygen atoms in total. The molecule has 4 heteroatoms. The summed E-state index contributed by atoms with van der Waals surface area (Å²) >= 11 is 0. The van der Waals surface area contributed by atoms with Gasteiger partial charge in [0.2, 0.25) is 5.91 Å². The van der Waals surface area contributed by atoms with Crippen LogP contribution < -0.4 is 9.64 Å². The number of anilines is 1. The average Bonchev–Trinajstić information content (AvgIpc) is 2.96. The van der Waals surface area contributed by atoms with E-state index in [1.807, 2.05) is 58.0 Å². The number of carbonyl (C=O) groups excluding carboxylic acids is 2. The van der Waals surface area contributed by atoms with Crippen LogP contribution in [0.2, 0.25) is 0 Å². The zero-order valence-corrected chi connectivity index (χ0v) is 15.1. The highest BCUT2D eigenvalue weighted by Crippen LogP contribution is 2.30. The molecule has 0 aromatic heterocycles. The Bertz CT molecular complexity index is 841. The van der Waals surface area contributed by atoms with Crippen LogP contribution in [0.15, 0.2) is 36.4 Å². The van der Waals surface area contributed by atoms with E-state index in [4.69, 9.17) is 4.74 Å². The minimum atomic E-state index is -0.438. The van der Waals surface area contributed by atoms with E-state index in [-0.39, 0.29) is 18.3 Å². The van der Waals surface area contributed by atoms with Crippen LogP contribution in [-0.2, 0) is 9.59 Å². The quantitative estimate of drug-likeness (QED) is 0.631. The maximum Gasteiger partial charge on any atom is 0.316 e. The highest BCUT2D eigenvalue weighted by atomic mass is 16.5. The van der Waals surface area contributed by atoms with Gasteiger partial charge in [0, 0.05) is 18.7 Å². The molecule has 25 heavy (non-hydrogen) atoms. The molecule has 1 amide bonds. The zero-order valence-electron chi connectivity index (χ0n) is 15.1. The van der Waals surface area contributed by atoms with Gasteiger partial charge in [0.25, 0.3) is 0 Å². The number of aryl methyl sites for hydroxylation is 3. The minimum Gasteiger partial charge on any atom is -0.426 e. The molecule has 0 aliphatic carbocycles. The summed E-state index contributed by atoms with van der Waals surface area (Å²) in [5, 5.41) is 0. The second kappa shape index (κ2) is 6.71. The highest BCUT2D eigenvalue weighted by Gasteiger charge is 2.37. The van der Waals surface area contributed by atoms with Gasteiger partial charge in [0.05, 0.1) is 5.92 Å². The van der Waals surface area contributed by atoms with Crippen molar-refractivity contribution in [2.75, 3.05) is 11.4 Å². The SMILES string of the molecule is Cc1ccc(C)c(N2C[C@@H](C(=O)Oc3cccc(C)c3C)CC2=O)c1. The van der Waals surface area contributed by atoms with Gasteiger partial charge in [-0.2, -0.15) is 0 Å². The van der Waals surface area contributed by atoms with Crippen molar-refractivity contribution in [2.24, 2.45) is 5.92 Å². The number of nitrogens with zero attached hydrogens (tertiary/aromatic N) is 1. The van der Waals surface area contributed by atoms with Crippen molar-refractivity contribution in [3.05, 3.63) is 58.7 Å². The van der Waals surface area contributed by atoms with Crippen molar-refractivity contribution in [1.29, 1.82) is 0 Å². The van der Waals surface area contributed by atoms with E-state index in [2.05, 4.69) is 0 Å². The highest BCUT2D eigenvalue weighted by molar-refractivity contribution is 6.00. The van der Waals surface area contributed by atoms with Gasteiger partial charge in [-0.25, -0.2) is 0 Å². The first-order valence-corrected chi connectivity index (χ1v) is 8.52. The molecular formula is C21H23NO3. The smallest absolute Gasteiger partial charge is 0.316 e. The number of carbonyl (C=O) groups is 2. The first kappa shape index (κ1) is 17.2. The molecule has 1 heterocycles. The van der Waals surface area contributed by atoms with Crippen molar-refractivity contribution >= 4 is 17.6 Å². The predicted octanol–water partition coefficient (Wildman–Crippen LogP) is 3.88. The van der Waals surface area contributed by atoms with Gasteiger partial charge < -0.3 is 9.64 Å². The van der Waals surface area contributed by atoms with Crippen LogP contribution in [0.4, 0.5) is 5.69 Å². The summed E-state index contributed by atoms with van der Waals surface area (Å²) in [4.78, 5) is 26.7. The largest absolute Gasteiger partial charge is 0.426 e. The molecule has 0 bridgehead atoms. The molecule has 0 unspecified atom stereocenters. The number of hydrogen-bond donors (Lipinski definition) is 0. The second-order valence-electron chi connectivity index (χ2n) is 6.81. The Balaban J connectivity index is 1.77. The van der Waals surface area contributed by atoms with Crippen LogP contribution in [-0.4, -0.2) is 18.4 Å². The van der Waals surface area contributed by atoms with Gasteiger partial charge in [-0.1, -0.05) is 24.3 Å². The van der Waals surface area contributed by atoms with Gasteiger partial charge in [0.1, 0.15) is 5.75 Å². The summed E-state index contributed by atoms with van der Waals surface area (Å²) in [6, 6.07) is 11.7. The molecule has 3 rings (SSSR count). The molecule has 1 aliphatic rings. The fraction of sp³-hybridized carbons (Fsp3) is 0.333. The molecule has 2 aromatic carbocycles. The topological polar surface area (TPSA) is 46.6 Å². The lowest BCUT2D eigenvalue weighted by molar-refractivity contribution is -0.139. The normalized spacial score (nSPS) is 17.0. The van der Waals surface area contributed by atoms with Gasteiger partial charge in [-0.3, -0.25) is 9.59 Å². The minimum absolute atomic E-state index is 0.0309. The number of esters is 1. The van der Waals surface area contributed by atoms with E-state index < -0.39 is 5.92 Å². The Morgan fingerprint density at radius 1 is 1.08 bits per heavy atom. The zero-order chi connectivity index (χ0) is 18.1. The summed E-state index contributed by atoms with van der Waals surface area (Å²) in [7, 11) is 0. The number of ether oxygens (including phenoxy) is 1. The van der Waals surface area contributed by atoms with Crippen LogP contribution in [0.5, 0.6) is 5.75 Å². The fourth-order valence-corrected chi connectivity index (χ4v) is 3.13. The molecule has 2 aromatic rings. The number of rotatable bonds is 3. The third-order valence-corrected chi connectivity index (χ3v) is 4.88. The first-order valence-electron chi connectivity index (χ1n) is 8.52.